The number of anilines is 1. The van der Waals surface area contributed by atoms with Crippen LogP contribution in [0.2, 0.25) is 0 Å². The maximum absolute atomic E-state index is 13.6. The first-order valence-corrected chi connectivity index (χ1v) is 12.2. The van der Waals surface area contributed by atoms with Crippen molar-refractivity contribution in [2.24, 2.45) is 0 Å². The van der Waals surface area contributed by atoms with Crippen molar-refractivity contribution in [3.63, 3.8) is 0 Å². The number of imidazole rings is 1. The second kappa shape index (κ2) is 9.94. The monoisotopic (exact) mass is 445 g/mol. The molecule has 1 saturated carbocycles. The SMILES string of the molecule is CCCCCCn1cnc2c(N[C@@H]3C[C@H]3c3ccc(F)c(F)c3)nc(SCCC)nc21. The highest BCUT2D eigenvalue weighted by atomic mass is 32.2. The van der Waals surface area contributed by atoms with E-state index in [1.165, 1.54) is 31.4 Å². The predicted octanol–water partition coefficient (Wildman–Crippen LogP) is 6.15. The molecule has 2 atom stereocenters. The van der Waals surface area contributed by atoms with Crippen molar-refractivity contribution in [3.8, 4) is 0 Å². The minimum atomic E-state index is -0.812. The molecule has 0 spiro atoms. The minimum Gasteiger partial charge on any atom is -0.365 e. The third-order valence-corrected chi connectivity index (χ3v) is 6.67. The highest BCUT2D eigenvalue weighted by Crippen LogP contribution is 2.43. The van der Waals surface area contributed by atoms with Gasteiger partial charge in [-0.25, -0.2) is 23.7 Å². The van der Waals surface area contributed by atoms with Gasteiger partial charge in [-0.3, -0.25) is 0 Å². The number of hydrogen-bond acceptors (Lipinski definition) is 5. The smallest absolute Gasteiger partial charge is 0.191 e. The second-order valence-electron chi connectivity index (χ2n) is 8.14. The molecule has 0 aliphatic heterocycles. The Morgan fingerprint density at radius 2 is 1.97 bits per heavy atom. The Balaban J connectivity index is 1.54. The van der Waals surface area contributed by atoms with Gasteiger partial charge in [0, 0.05) is 24.3 Å². The number of aryl methyl sites for hydroxylation is 1. The van der Waals surface area contributed by atoms with Gasteiger partial charge < -0.3 is 9.88 Å². The Bertz CT molecular complexity index is 1040. The van der Waals surface area contributed by atoms with Crippen LogP contribution in [0.5, 0.6) is 0 Å². The zero-order valence-electron chi connectivity index (χ0n) is 18.1. The fraction of sp³-hybridized carbons (Fsp3) is 0.522. The van der Waals surface area contributed by atoms with E-state index in [4.69, 9.17) is 9.97 Å². The van der Waals surface area contributed by atoms with Crippen LogP contribution in [0.15, 0.2) is 29.7 Å². The quantitative estimate of drug-likeness (QED) is 0.218. The van der Waals surface area contributed by atoms with Gasteiger partial charge in [0.15, 0.2) is 33.8 Å². The lowest BCUT2D eigenvalue weighted by molar-refractivity contribution is 0.507. The molecule has 1 N–H and O–H groups in total. The molecule has 0 unspecified atom stereocenters. The Morgan fingerprint density at radius 3 is 2.74 bits per heavy atom. The van der Waals surface area contributed by atoms with Gasteiger partial charge in [-0.05, 0) is 37.0 Å². The van der Waals surface area contributed by atoms with Crippen molar-refractivity contribution in [1.29, 1.82) is 0 Å². The van der Waals surface area contributed by atoms with Crippen molar-refractivity contribution >= 4 is 28.7 Å². The molecule has 0 amide bonds. The van der Waals surface area contributed by atoms with Gasteiger partial charge in [0.1, 0.15) is 0 Å². The van der Waals surface area contributed by atoms with E-state index in [9.17, 15) is 8.78 Å². The molecule has 5 nitrogen and oxygen atoms in total. The summed E-state index contributed by atoms with van der Waals surface area (Å²) >= 11 is 1.65. The van der Waals surface area contributed by atoms with Gasteiger partial charge in [-0.15, -0.1) is 0 Å². The van der Waals surface area contributed by atoms with Crippen LogP contribution in [0.1, 0.15) is 63.9 Å². The highest BCUT2D eigenvalue weighted by Gasteiger charge is 2.39. The first kappa shape index (κ1) is 22.0. The molecule has 1 aromatic carbocycles. The van der Waals surface area contributed by atoms with Gasteiger partial charge in [-0.1, -0.05) is 50.9 Å². The van der Waals surface area contributed by atoms with Gasteiger partial charge in [0.05, 0.1) is 6.33 Å². The molecule has 8 heteroatoms. The van der Waals surface area contributed by atoms with Crippen molar-refractivity contribution in [1.82, 2.24) is 19.5 Å². The summed E-state index contributed by atoms with van der Waals surface area (Å²) in [4.78, 5) is 14.1. The number of fused-ring (bicyclic) bond motifs is 1. The van der Waals surface area contributed by atoms with Crippen molar-refractivity contribution in [2.75, 3.05) is 11.1 Å². The lowest BCUT2D eigenvalue weighted by atomic mass is 10.1. The first-order chi connectivity index (χ1) is 15.1. The molecule has 1 aliphatic rings. The van der Waals surface area contributed by atoms with E-state index >= 15 is 0 Å². The Hall–Kier alpha value is -2.22. The third-order valence-electron chi connectivity index (χ3n) is 5.62. The number of hydrogen-bond donors (Lipinski definition) is 1. The average molecular weight is 446 g/mol. The largest absolute Gasteiger partial charge is 0.365 e. The lowest BCUT2D eigenvalue weighted by Crippen LogP contribution is -2.09. The Kier molecular flexibility index (Phi) is 7.05. The van der Waals surface area contributed by atoms with Crippen molar-refractivity contribution in [3.05, 3.63) is 41.7 Å². The Morgan fingerprint density at radius 1 is 1.10 bits per heavy atom. The standard InChI is InChI=1S/C23H29F2N5S/c1-3-5-6-7-10-30-14-26-20-21(28-23(29-22(20)30)31-11-4-2)27-19-13-16(19)15-8-9-17(24)18(25)12-15/h8-9,12,14,16,19H,3-7,10-11,13H2,1-2H3,(H,27,28,29)/t16-,19+/m0/s1. The van der Waals surface area contributed by atoms with Crippen molar-refractivity contribution < 1.29 is 8.78 Å². The molecule has 1 fully saturated rings. The second-order valence-corrected chi connectivity index (χ2v) is 9.20. The molecule has 1 aliphatic carbocycles. The highest BCUT2D eigenvalue weighted by molar-refractivity contribution is 7.99. The molecule has 4 rings (SSSR count). The summed E-state index contributed by atoms with van der Waals surface area (Å²) in [5.74, 6) is 0.214. The number of rotatable bonds is 11. The topological polar surface area (TPSA) is 55.6 Å². The first-order valence-electron chi connectivity index (χ1n) is 11.2. The number of nitrogens with zero attached hydrogens (tertiary/aromatic N) is 4. The van der Waals surface area contributed by atoms with E-state index in [2.05, 4.69) is 28.7 Å². The zero-order valence-corrected chi connectivity index (χ0v) is 18.9. The number of thioether (sulfide) groups is 1. The molecule has 0 bridgehead atoms. The summed E-state index contributed by atoms with van der Waals surface area (Å²) in [5, 5.41) is 4.24. The molecule has 2 aromatic heterocycles. The number of halogens is 2. The Labute approximate surface area is 186 Å². The van der Waals surface area contributed by atoms with E-state index < -0.39 is 11.6 Å². The molecular formula is C23H29F2N5S. The van der Waals surface area contributed by atoms with Crippen LogP contribution in [-0.4, -0.2) is 31.3 Å². The predicted molar refractivity (Wildman–Crippen MR) is 122 cm³/mol. The third kappa shape index (κ3) is 5.17. The van der Waals surface area contributed by atoms with Gasteiger partial charge in [0.2, 0.25) is 0 Å². The van der Waals surface area contributed by atoms with Crippen LogP contribution in [0.4, 0.5) is 14.6 Å². The van der Waals surface area contributed by atoms with Gasteiger partial charge in [0.25, 0.3) is 0 Å². The fourth-order valence-corrected chi connectivity index (χ4v) is 4.49. The van der Waals surface area contributed by atoms with Crippen LogP contribution in [0.25, 0.3) is 11.2 Å². The lowest BCUT2D eigenvalue weighted by Gasteiger charge is -2.10. The molecule has 31 heavy (non-hydrogen) atoms. The molecular weight excluding hydrogens is 416 g/mol. The molecule has 166 valence electrons. The van der Waals surface area contributed by atoms with E-state index in [1.807, 2.05) is 6.33 Å². The summed E-state index contributed by atoms with van der Waals surface area (Å²) in [6.45, 7) is 5.24. The van der Waals surface area contributed by atoms with Crippen molar-refractivity contribution in [2.45, 2.75) is 76.0 Å². The molecule has 2 heterocycles. The summed E-state index contributed by atoms with van der Waals surface area (Å²) in [6, 6.07) is 4.28. The van der Waals surface area contributed by atoms with E-state index in [0.717, 1.165) is 59.3 Å². The minimum absolute atomic E-state index is 0.127. The number of nitrogens with one attached hydrogen (secondary N) is 1. The fourth-order valence-electron chi connectivity index (χ4n) is 3.80. The normalized spacial score (nSPS) is 17.9. The number of unbranched alkanes of at least 4 members (excludes halogenated alkanes) is 3. The van der Waals surface area contributed by atoms with Gasteiger partial charge in [-0.2, -0.15) is 0 Å². The van der Waals surface area contributed by atoms with Crippen LogP contribution >= 0.6 is 11.8 Å². The van der Waals surface area contributed by atoms with Crippen LogP contribution in [0, 0.1) is 11.6 Å². The van der Waals surface area contributed by atoms with Crippen LogP contribution < -0.4 is 5.32 Å². The summed E-state index contributed by atoms with van der Waals surface area (Å²) < 4.78 is 29.0. The van der Waals surface area contributed by atoms with E-state index in [1.54, 1.807) is 17.8 Å². The van der Waals surface area contributed by atoms with Crippen LogP contribution in [0.3, 0.4) is 0 Å². The summed E-state index contributed by atoms with van der Waals surface area (Å²) in [6.07, 6.45) is 8.49. The summed E-state index contributed by atoms with van der Waals surface area (Å²) in [7, 11) is 0. The van der Waals surface area contributed by atoms with Gasteiger partial charge >= 0.3 is 0 Å². The maximum Gasteiger partial charge on any atom is 0.191 e. The average Bonchev–Trinajstić information content (AvgIpc) is 3.41. The molecule has 0 saturated heterocycles. The number of benzene rings is 1. The number of aromatic nitrogens is 4. The maximum atomic E-state index is 13.6. The van der Waals surface area contributed by atoms with E-state index in [0.29, 0.717) is 0 Å². The zero-order chi connectivity index (χ0) is 21.8. The summed E-state index contributed by atoms with van der Waals surface area (Å²) in [5.41, 5.74) is 2.44. The van der Waals surface area contributed by atoms with Crippen LogP contribution in [-0.2, 0) is 6.54 Å². The molecule has 3 aromatic rings. The van der Waals surface area contributed by atoms with E-state index in [-0.39, 0.29) is 12.0 Å². The molecule has 0 radical (unpaired) electrons.